The van der Waals surface area contributed by atoms with E-state index in [2.05, 4.69) is 0 Å². The van der Waals surface area contributed by atoms with Crippen LogP contribution in [0.15, 0.2) is 59.5 Å². The maximum Gasteiger partial charge on any atom is 0.264 e. The fourth-order valence-corrected chi connectivity index (χ4v) is 5.56. The molecule has 6 nitrogen and oxygen atoms in total. The van der Waals surface area contributed by atoms with Gasteiger partial charge in [0.2, 0.25) is 0 Å². The van der Waals surface area contributed by atoms with E-state index in [1.807, 2.05) is 11.0 Å². The number of hydrogen-bond acceptors (Lipinski definition) is 4. The number of para-hydroxylation sites is 1. The second-order valence-electron chi connectivity index (χ2n) is 7.71. The van der Waals surface area contributed by atoms with Crippen LogP contribution in [0.1, 0.15) is 23.2 Å². The molecule has 28 heavy (non-hydrogen) atoms. The summed E-state index contributed by atoms with van der Waals surface area (Å²) in [6, 6.07) is 15.3. The lowest BCUT2D eigenvalue weighted by Crippen LogP contribution is -2.33. The van der Waals surface area contributed by atoms with Gasteiger partial charge in [0, 0.05) is 31.7 Å². The van der Waals surface area contributed by atoms with Gasteiger partial charge in [-0.25, -0.2) is 8.42 Å². The highest BCUT2D eigenvalue weighted by molar-refractivity contribution is 7.92. The molecule has 2 aliphatic rings. The van der Waals surface area contributed by atoms with Crippen LogP contribution < -0.4 is 10.0 Å². The highest BCUT2D eigenvalue weighted by atomic mass is 32.2. The zero-order valence-electron chi connectivity index (χ0n) is 15.9. The van der Waals surface area contributed by atoms with E-state index in [-0.39, 0.29) is 16.8 Å². The summed E-state index contributed by atoms with van der Waals surface area (Å²) in [7, 11) is -2.16. The normalized spacial score (nSPS) is 24.2. The monoisotopic (exact) mass is 399 g/mol. The molecule has 2 N–H and O–H groups in total. The Morgan fingerprint density at radius 3 is 2.36 bits per heavy atom. The Hall–Kier alpha value is -2.38. The van der Waals surface area contributed by atoms with Crippen molar-refractivity contribution in [1.82, 2.24) is 4.90 Å². The number of carbonyl (C=O) groups is 1. The van der Waals surface area contributed by atoms with Gasteiger partial charge >= 0.3 is 0 Å². The van der Waals surface area contributed by atoms with E-state index in [1.165, 1.54) is 23.5 Å². The minimum Gasteiger partial charge on any atom is -0.338 e. The first-order chi connectivity index (χ1) is 13.4. The van der Waals surface area contributed by atoms with Crippen LogP contribution >= 0.6 is 0 Å². The Morgan fingerprint density at radius 2 is 1.71 bits per heavy atom. The maximum absolute atomic E-state index is 12.9. The van der Waals surface area contributed by atoms with Gasteiger partial charge in [0.25, 0.3) is 15.9 Å². The van der Waals surface area contributed by atoms with Crippen molar-refractivity contribution in [3.63, 3.8) is 0 Å². The first kappa shape index (κ1) is 19.0. The van der Waals surface area contributed by atoms with Crippen LogP contribution in [0.2, 0.25) is 0 Å². The third-order valence-electron chi connectivity index (χ3n) is 6.08. The van der Waals surface area contributed by atoms with Crippen LogP contribution in [0, 0.1) is 11.8 Å². The van der Waals surface area contributed by atoms with E-state index < -0.39 is 10.0 Å². The number of carbonyl (C=O) groups excluding carboxylic acids is 1. The van der Waals surface area contributed by atoms with Gasteiger partial charge in [0.15, 0.2) is 0 Å². The van der Waals surface area contributed by atoms with Gasteiger partial charge in [0.1, 0.15) is 0 Å². The number of fused-ring (bicyclic) bond motifs is 1. The largest absolute Gasteiger partial charge is 0.338 e. The number of nitrogens with zero attached hydrogens (tertiary/aromatic N) is 2. The Balaban J connectivity index is 1.50. The second kappa shape index (κ2) is 7.22. The molecule has 1 saturated heterocycles. The molecule has 2 aromatic rings. The molecule has 1 aliphatic heterocycles. The summed E-state index contributed by atoms with van der Waals surface area (Å²) in [6.45, 7) is 1.44. The standard InChI is InChI=1S/C21H25N3O3S/c1-23(17-5-3-2-4-6-17)28(26,27)18-10-7-15(8-11-18)21(25)24-13-16-9-12-20(22)19(16)14-24/h2-8,10-11,16,19-20H,9,12-14,22H2,1H3. The number of anilines is 1. The predicted molar refractivity (Wildman–Crippen MR) is 109 cm³/mol. The first-order valence-electron chi connectivity index (χ1n) is 9.57. The number of benzene rings is 2. The maximum atomic E-state index is 12.9. The average molecular weight is 400 g/mol. The van der Waals surface area contributed by atoms with Crippen molar-refractivity contribution in [3.05, 3.63) is 60.2 Å². The number of amides is 1. The summed E-state index contributed by atoms with van der Waals surface area (Å²) in [5.41, 5.74) is 7.25. The van der Waals surface area contributed by atoms with Crippen LogP contribution in [-0.2, 0) is 10.0 Å². The highest BCUT2D eigenvalue weighted by Gasteiger charge is 2.42. The Bertz CT molecular complexity index is 960. The summed E-state index contributed by atoms with van der Waals surface area (Å²) in [5, 5.41) is 0. The average Bonchev–Trinajstić information content (AvgIpc) is 3.29. The smallest absolute Gasteiger partial charge is 0.264 e. The summed E-state index contributed by atoms with van der Waals surface area (Å²) in [6.07, 6.45) is 2.12. The fraction of sp³-hybridized carbons (Fsp3) is 0.381. The summed E-state index contributed by atoms with van der Waals surface area (Å²) < 4.78 is 27.0. The number of likely N-dealkylation sites (tertiary alicyclic amines) is 1. The van der Waals surface area contributed by atoms with E-state index in [4.69, 9.17) is 5.73 Å². The van der Waals surface area contributed by atoms with Crippen LogP contribution in [0.5, 0.6) is 0 Å². The van der Waals surface area contributed by atoms with Gasteiger partial charge in [-0.2, -0.15) is 0 Å². The minimum absolute atomic E-state index is 0.0537. The molecule has 0 radical (unpaired) electrons. The molecule has 3 unspecified atom stereocenters. The summed E-state index contributed by atoms with van der Waals surface area (Å²) in [5.74, 6) is 0.836. The van der Waals surface area contributed by atoms with Crippen molar-refractivity contribution in [2.24, 2.45) is 17.6 Å². The molecule has 148 valence electrons. The zero-order chi connectivity index (χ0) is 19.9. The van der Waals surface area contributed by atoms with Crippen molar-refractivity contribution < 1.29 is 13.2 Å². The molecule has 0 spiro atoms. The van der Waals surface area contributed by atoms with Crippen molar-refractivity contribution in [2.45, 2.75) is 23.8 Å². The van der Waals surface area contributed by atoms with E-state index in [0.29, 0.717) is 29.6 Å². The number of sulfonamides is 1. The van der Waals surface area contributed by atoms with Gasteiger partial charge in [-0.05, 0) is 61.1 Å². The molecular weight excluding hydrogens is 374 g/mol. The quantitative estimate of drug-likeness (QED) is 0.855. The van der Waals surface area contributed by atoms with Crippen molar-refractivity contribution in [2.75, 3.05) is 24.4 Å². The third-order valence-corrected chi connectivity index (χ3v) is 7.88. The number of hydrogen-bond donors (Lipinski definition) is 1. The van der Waals surface area contributed by atoms with E-state index in [1.54, 1.807) is 36.4 Å². The lowest BCUT2D eigenvalue weighted by molar-refractivity contribution is 0.0779. The molecule has 3 atom stereocenters. The molecule has 1 amide bonds. The van der Waals surface area contributed by atoms with Gasteiger partial charge < -0.3 is 10.6 Å². The molecule has 1 saturated carbocycles. The third kappa shape index (κ3) is 3.29. The number of rotatable bonds is 4. The fourth-order valence-electron chi connectivity index (χ4n) is 4.36. The molecule has 2 aromatic carbocycles. The molecule has 1 heterocycles. The zero-order valence-corrected chi connectivity index (χ0v) is 16.7. The predicted octanol–water partition coefficient (Wildman–Crippen LogP) is 2.32. The summed E-state index contributed by atoms with van der Waals surface area (Å²) >= 11 is 0. The van der Waals surface area contributed by atoms with Gasteiger partial charge in [-0.15, -0.1) is 0 Å². The summed E-state index contributed by atoms with van der Waals surface area (Å²) in [4.78, 5) is 14.8. The Labute approximate surface area is 166 Å². The van der Waals surface area contributed by atoms with Crippen molar-refractivity contribution >= 4 is 21.6 Å². The lowest BCUT2D eigenvalue weighted by atomic mass is 9.98. The Morgan fingerprint density at radius 1 is 1.04 bits per heavy atom. The molecule has 4 rings (SSSR count). The molecule has 7 heteroatoms. The minimum atomic E-state index is -3.68. The van der Waals surface area contributed by atoms with E-state index in [9.17, 15) is 13.2 Å². The molecule has 1 aliphatic carbocycles. The first-order valence-corrected chi connectivity index (χ1v) is 11.0. The van der Waals surface area contributed by atoms with Crippen LogP contribution in [-0.4, -0.2) is 45.4 Å². The van der Waals surface area contributed by atoms with Crippen LogP contribution in [0.3, 0.4) is 0 Å². The molecule has 0 aromatic heterocycles. The van der Waals surface area contributed by atoms with E-state index in [0.717, 1.165) is 19.4 Å². The topological polar surface area (TPSA) is 83.7 Å². The molecule has 0 bridgehead atoms. The lowest BCUT2D eigenvalue weighted by Gasteiger charge is -2.20. The van der Waals surface area contributed by atoms with Crippen molar-refractivity contribution in [1.29, 1.82) is 0 Å². The van der Waals surface area contributed by atoms with Gasteiger partial charge in [-0.1, -0.05) is 18.2 Å². The van der Waals surface area contributed by atoms with Crippen LogP contribution in [0.4, 0.5) is 5.69 Å². The second-order valence-corrected chi connectivity index (χ2v) is 9.68. The SMILES string of the molecule is CN(c1ccccc1)S(=O)(=O)c1ccc(C(=O)N2CC3CCC(N)C3C2)cc1. The highest BCUT2D eigenvalue weighted by Crippen LogP contribution is 2.37. The van der Waals surface area contributed by atoms with Crippen molar-refractivity contribution in [3.8, 4) is 0 Å². The molecule has 2 fully saturated rings. The van der Waals surface area contributed by atoms with Gasteiger partial charge in [-0.3, -0.25) is 9.10 Å². The van der Waals surface area contributed by atoms with Gasteiger partial charge in [0.05, 0.1) is 10.6 Å². The van der Waals surface area contributed by atoms with E-state index >= 15 is 0 Å². The Kier molecular flexibility index (Phi) is 4.89. The molecular formula is C21H25N3O3S. The van der Waals surface area contributed by atoms with Crippen LogP contribution in [0.25, 0.3) is 0 Å². The number of nitrogens with two attached hydrogens (primary N) is 1.